The molecule has 0 amide bonds. The van der Waals surface area contributed by atoms with E-state index < -0.39 is 0 Å². The highest BCUT2D eigenvalue weighted by atomic mass is 15.1. The van der Waals surface area contributed by atoms with Gasteiger partial charge in [-0.25, -0.2) is 0 Å². The average Bonchev–Trinajstić information content (AvgIpc) is 2.76. The van der Waals surface area contributed by atoms with Crippen molar-refractivity contribution in [3.05, 3.63) is 71.3 Å². The second-order valence-corrected chi connectivity index (χ2v) is 5.66. The van der Waals surface area contributed by atoms with Crippen molar-refractivity contribution in [3.8, 4) is 6.07 Å². The van der Waals surface area contributed by atoms with E-state index in [0.717, 1.165) is 38.0 Å². The Morgan fingerprint density at radius 2 is 1.48 bits per heavy atom. The number of hydrogen-bond donors (Lipinski definition) is 0. The standard InChI is InChI=1S/C19H20N2/c20-14-19(16-6-2-1-3-7-16)15-21-12-10-17-8-4-5-9-18(17)11-13-21/h1-9,19H,10-13,15H2. The molecule has 3 rings (SSSR count). The summed E-state index contributed by atoms with van der Waals surface area (Å²) < 4.78 is 0. The molecule has 2 aromatic rings. The second-order valence-electron chi connectivity index (χ2n) is 5.66. The predicted octanol–water partition coefficient (Wildman–Crippen LogP) is 3.39. The molecular formula is C19H20N2. The van der Waals surface area contributed by atoms with Crippen LogP contribution < -0.4 is 0 Å². The molecule has 0 radical (unpaired) electrons. The van der Waals surface area contributed by atoms with E-state index in [9.17, 15) is 5.26 Å². The largest absolute Gasteiger partial charge is 0.301 e. The first-order valence-corrected chi connectivity index (χ1v) is 7.60. The van der Waals surface area contributed by atoms with Gasteiger partial charge in [0.2, 0.25) is 0 Å². The van der Waals surface area contributed by atoms with Gasteiger partial charge in [0, 0.05) is 19.6 Å². The van der Waals surface area contributed by atoms with Crippen molar-refractivity contribution in [2.45, 2.75) is 18.8 Å². The number of rotatable bonds is 3. The summed E-state index contributed by atoms with van der Waals surface area (Å²) in [5.74, 6) is -0.0348. The highest BCUT2D eigenvalue weighted by Crippen LogP contribution is 2.20. The third-order valence-electron chi connectivity index (χ3n) is 4.31. The fraction of sp³-hybridized carbons (Fsp3) is 0.316. The van der Waals surface area contributed by atoms with E-state index in [2.05, 4.69) is 47.4 Å². The summed E-state index contributed by atoms with van der Waals surface area (Å²) in [6.45, 7) is 2.92. The summed E-state index contributed by atoms with van der Waals surface area (Å²) in [6, 6.07) is 21.3. The Kier molecular flexibility index (Phi) is 4.33. The average molecular weight is 276 g/mol. The van der Waals surface area contributed by atoms with Crippen LogP contribution in [0.15, 0.2) is 54.6 Å². The molecule has 21 heavy (non-hydrogen) atoms. The van der Waals surface area contributed by atoms with Gasteiger partial charge >= 0.3 is 0 Å². The molecule has 1 atom stereocenters. The molecule has 1 aliphatic rings. The molecule has 1 heterocycles. The maximum atomic E-state index is 9.48. The Morgan fingerprint density at radius 1 is 0.905 bits per heavy atom. The van der Waals surface area contributed by atoms with Gasteiger partial charge in [0.05, 0.1) is 12.0 Å². The number of hydrogen-bond acceptors (Lipinski definition) is 2. The third-order valence-corrected chi connectivity index (χ3v) is 4.31. The van der Waals surface area contributed by atoms with Crippen LogP contribution in [0.1, 0.15) is 22.6 Å². The van der Waals surface area contributed by atoms with Gasteiger partial charge in [-0.1, -0.05) is 54.6 Å². The Hall–Kier alpha value is -2.11. The van der Waals surface area contributed by atoms with Crippen LogP contribution in [0.5, 0.6) is 0 Å². The lowest BCUT2D eigenvalue weighted by atomic mass is 10.00. The van der Waals surface area contributed by atoms with E-state index in [0.29, 0.717) is 0 Å². The van der Waals surface area contributed by atoms with Crippen LogP contribution in [0.25, 0.3) is 0 Å². The first kappa shape index (κ1) is 13.9. The molecule has 0 saturated heterocycles. The normalized spacial score (nSPS) is 16.5. The van der Waals surface area contributed by atoms with Gasteiger partial charge in [-0.3, -0.25) is 0 Å². The van der Waals surface area contributed by atoms with Gasteiger partial charge in [0.1, 0.15) is 0 Å². The van der Waals surface area contributed by atoms with Crippen molar-refractivity contribution in [1.29, 1.82) is 5.26 Å². The molecule has 1 unspecified atom stereocenters. The summed E-state index contributed by atoms with van der Waals surface area (Å²) >= 11 is 0. The van der Waals surface area contributed by atoms with Gasteiger partial charge in [-0.2, -0.15) is 5.26 Å². The van der Waals surface area contributed by atoms with Crippen molar-refractivity contribution in [2.75, 3.05) is 19.6 Å². The van der Waals surface area contributed by atoms with E-state index in [1.165, 1.54) is 11.1 Å². The number of benzene rings is 2. The summed E-state index contributed by atoms with van der Waals surface area (Å²) in [6.07, 6.45) is 2.17. The lowest BCUT2D eigenvalue weighted by molar-refractivity contribution is 0.282. The summed E-state index contributed by atoms with van der Waals surface area (Å²) in [5, 5.41) is 9.48. The van der Waals surface area contributed by atoms with Gasteiger partial charge in [-0.05, 0) is 29.5 Å². The van der Waals surface area contributed by atoms with Crippen LogP contribution in [-0.4, -0.2) is 24.5 Å². The van der Waals surface area contributed by atoms with Crippen LogP contribution in [0.3, 0.4) is 0 Å². The van der Waals surface area contributed by atoms with E-state index in [-0.39, 0.29) is 5.92 Å². The molecule has 0 fully saturated rings. The monoisotopic (exact) mass is 276 g/mol. The van der Waals surface area contributed by atoms with Crippen molar-refractivity contribution in [3.63, 3.8) is 0 Å². The summed E-state index contributed by atoms with van der Waals surface area (Å²) in [4.78, 5) is 2.43. The van der Waals surface area contributed by atoms with Gasteiger partial charge in [0.25, 0.3) is 0 Å². The van der Waals surface area contributed by atoms with Gasteiger partial charge in [0.15, 0.2) is 0 Å². The molecule has 0 aromatic heterocycles. The molecule has 106 valence electrons. The molecule has 2 aromatic carbocycles. The van der Waals surface area contributed by atoms with Crippen LogP contribution >= 0.6 is 0 Å². The molecular weight excluding hydrogens is 256 g/mol. The Bertz CT molecular complexity index is 601. The molecule has 0 N–H and O–H groups in total. The Morgan fingerprint density at radius 3 is 2.05 bits per heavy atom. The van der Waals surface area contributed by atoms with Gasteiger partial charge < -0.3 is 4.90 Å². The van der Waals surface area contributed by atoms with Crippen LogP contribution in [0, 0.1) is 11.3 Å². The minimum absolute atomic E-state index is 0.0348. The molecule has 0 spiro atoms. The number of nitrogens with zero attached hydrogens (tertiary/aromatic N) is 2. The SMILES string of the molecule is N#CC(CN1CCc2ccccc2CC1)c1ccccc1. The van der Waals surface area contributed by atoms with Gasteiger partial charge in [-0.15, -0.1) is 0 Å². The number of fused-ring (bicyclic) bond motifs is 1. The summed E-state index contributed by atoms with van der Waals surface area (Å²) in [5.41, 5.74) is 4.06. The molecule has 0 saturated carbocycles. The minimum Gasteiger partial charge on any atom is -0.301 e. The molecule has 0 aliphatic carbocycles. The first-order valence-electron chi connectivity index (χ1n) is 7.60. The first-order chi connectivity index (χ1) is 10.4. The third kappa shape index (κ3) is 3.32. The topological polar surface area (TPSA) is 27.0 Å². The lowest BCUT2D eigenvalue weighted by Crippen LogP contribution is -2.30. The summed E-state index contributed by atoms with van der Waals surface area (Å²) in [7, 11) is 0. The highest BCUT2D eigenvalue weighted by Gasteiger charge is 2.18. The Balaban J connectivity index is 1.68. The molecule has 0 bridgehead atoms. The fourth-order valence-corrected chi connectivity index (χ4v) is 3.06. The van der Waals surface area contributed by atoms with Crippen LogP contribution in [0.4, 0.5) is 0 Å². The highest BCUT2D eigenvalue weighted by molar-refractivity contribution is 5.29. The van der Waals surface area contributed by atoms with Crippen LogP contribution in [0.2, 0.25) is 0 Å². The Labute approximate surface area is 126 Å². The molecule has 2 heteroatoms. The fourth-order valence-electron chi connectivity index (χ4n) is 3.06. The van der Waals surface area contributed by atoms with E-state index >= 15 is 0 Å². The van der Waals surface area contributed by atoms with E-state index in [1.807, 2.05) is 18.2 Å². The van der Waals surface area contributed by atoms with Crippen molar-refractivity contribution >= 4 is 0 Å². The quantitative estimate of drug-likeness (QED) is 0.859. The number of nitriles is 1. The molecule has 1 aliphatic heterocycles. The molecule has 2 nitrogen and oxygen atoms in total. The van der Waals surface area contributed by atoms with Crippen molar-refractivity contribution < 1.29 is 0 Å². The zero-order valence-electron chi connectivity index (χ0n) is 12.2. The van der Waals surface area contributed by atoms with Crippen molar-refractivity contribution in [2.24, 2.45) is 0 Å². The maximum absolute atomic E-state index is 9.48. The maximum Gasteiger partial charge on any atom is 0.0839 e. The minimum atomic E-state index is -0.0348. The van der Waals surface area contributed by atoms with E-state index in [1.54, 1.807) is 0 Å². The van der Waals surface area contributed by atoms with Crippen molar-refractivity contribution in [1.82, 2.24) is 4.90 Å². The smallest absolute Gasteiger partial charge is 0.0839 e. The zero-order valence-corrected chi connectivity index (χ0v) is 12.2. The lowest BCUT2D eigenvalue weighted by Gasteiger charge is -2.22. The zero-order chi connectivity index (χ0) is 14.5. The second kappa shape index (κ2) is 6.56. The van der Waals surface area contributed by atoms with Crippen LogP contribution in [-0.2, 0) is 12.8 Å². The predicted molar refractivity (Wildman–Crippen MR) is 85.1 cm³/mol. The van der Waals surface area contributed by atoms with E-state index in [4.69, 9.17) is 0 Å².